The van der Waals surface area contributed by atoms with Gasteiger partial charge in [0.2, 0.25) is 0 Å². The highest BCUT2D eigenvalue weighted by Crippen LogP contribution is 2.45. The molecule has 0 radical (unpaired) electrons. The Morgan fingerprint density at radius 2 is 0.735 bits per heavy atom. The van der Waals surface area contributed by atoms with Crippen molar-refractivity contribution < 1.29 is 4.42 Å². The molecule has 0 saturated heterocycles. The molecule has 0 unspecified atom stereocenters. The Morgan fingerprint density at radius 1 is 0.265 bits per heavy atom. The van der Waals surface area contributed by atoms with Gasteiger partial charge in [-0.15, -0.1) is 0 Å². The van der Waals surface area contributed by atoms with Gasteiger partial charge in [0.1, 0.15) is 11.2 Å². The maximum absolute atomic E-state index is 6.12. The van der Waals surface area contributed by atoms with E-state index in [1.165, 1.54) is 76.8 Å². The van der Waals surface area contributed by atoms with E-state index in [4.69, 9.17) is 4.42 Å². The molecule has 228 valence electrons. The first-order valence-electron chi connectivity index (χ1n) is 16.8. The molecule has 10 rings (SSSR count). The molecule has 1 heterocycles. The number of furan rings is 1. The van der Waals surface area contributed by atoms with E-state index in [9.17, 15) is 0 Å². The first-order chi connectivity index (χ1) is 24.3. The molecule has 10 aromatic rings. The fraction of sp³-hybridized carbons (Fsp3) is 0. The van der Waals surface area contributed by atoms with Crippen LogP contribution in [0.15, 0.2) is 186 Å². The normalized spacial score (nSPS) is 11.7. The first kappa shape index (κ1) is 27.7. The summed E-state index contributed by atoms with van der Waals surface area (Å²) in [6, 6.07) is 65.9. The Labute approximate surface area is 284 Å². The van der Waals surface area contributed by atoms with Gasteiger partial charge in [-0.05, 0) is 101 Å². The number of hydrogen-bond donors (Lipinski definition) is 0. The van der Waals surface area contributed by atoms with Crippen LogP contribution in [0.4, 0.5) is 0 Å². The lowest BCUT2D eigenvalue weighted by molar-refractivity contribution is 0.669. The average Bonchev–Trinajstić information content (AvgIpc) is 3.55. The molecule has 0 atom stereocenters. The zero-order valence-electron chi connectivity index (χ0n) is 26.7. The number of para-hydroxylation sites is 1. The summed E-state index contributed by atoms with van der Waals surface area (Å²) in [6.07, 6.45) is 0. The molecule has 9 aromatic carbocycles. The largest absolute Gasteiger partial charge is 0.456 e. The zero-order valence-corrected chi connectivity index (χ0v) is 26.7. The van der Waals surface area contributed by atoms with Crippen molar-refractivity contribution in [1.29, 1.82) is 0 Å². The van der Waals surface area contributed by atoms with Gasteiger partial charge in [-0.3, -0.25) is 0 Å². The van der Waals surface area contributed by atoms with E-state index in [1.54, 1.807) is 0 Å². The number of hydrogen-bond acceptors (Lipinski definition) is 1. The molecule has 0 aliphatic carbocycles. The van der Waals surface area contributed by atoms with Gasteiger partial charge in [0.05, 0.1) is 0 Å². The highest BCUT2D eigenvalue weighted by Gasteiger charge is 2.17. The molecule has 0 aliphatic rings. The lowest BCUT2D eigenvalue weighted by Gasteiger charge is -2.18. The minimum absolute atomic E-state index is 0.915. The van der Waals surface area contributed by atoms with Crippen molar-refractivity contribution in [2.75, 3.05) is 0 Å². The molecular weight excluding hydrogens is 593 g/mol. The molecule has 0 spiro atoms. The van der Waals surface area contributed by atoms with Gasteiger partial charge in [0.15, 0.2) is 0 Å². The van der Waals surface area contributed by atoms with Crippen molar-refractivity contribution in [2.45, 2.75) is 0 Å². The van der Waals surface area contributed by atoms with Crippen molar-refractivity contribution in [2.24, 2.45) is 0 Å². The summed E-state index contributed by atoms with van der Waals surface area (Å²) in [5.74, 6) is 0. The van der Waals surface area contributed by atoms with Crippen LogP contribution in [0.25, 0.3) is 98.8 Å². The summed E-state index contributed by atoms with van der Waals surface area (Å²) in [5, 5.41) is 9.86. The molecule has 1 aromatic heterocycles. The Hall–Kier alpha value is -6.44. The van der Waals surface area contributed by atoms with Crippen molar-refractivity contribution in [3.05, 3.63) is 182 Å². The van der Waals surface area contributed by atoms with E-state index in [1.807, 2.05) is 12.1 Å². The highest BCUT2D eigenvalue weighted by atomic mass is 16.3. The maximum atomic E-state index is 6.12. The Bertz CT molecular complexity index is 2810. The fourth-order valence-corrected chi connectivity index (χ4v) is 7.79. The molecule has 1 heteroatoms. The SMILES string of the molecule is c1ccc(-c2ccc3oc4ccccc4c3c2)c(-c2ccc(-c3c4ccccc4c(-c4ccc5ccccc5c4)c4ccccc34)cc2)c1. The van der Waals surface area contributed by atoms with E-state index in [2.05, 4.69) is 170 Å². The molecule has 0 aliphatic heterocycles. The lowest BCUT2D eigenvalue weighted by atomic mass is 9.85. The second-order valence-corrected chi connectivity index (χ2v) is 12.8. The Kier molecular flexibility index (Phi) is 6.25. The molecule has 0 bridgehead atoms. The van der Waals surface area contributed by atoms with Crippen LogP contribution in [0, 0.1) is 0 Å². The second-order valence-electron chi connectivity index (χ2n) is 12.8. The molecule has 0 N–H and O–H groups in total. The molecule has 0 amide bonds. The Balaban J connectivity index is 1.12. The number of fused-ring (bicyclic) bond motifs is 6. The molecular formula is C48H30O. The predicted molar refractivity (Wildman–Crippen MR) is 208 cm³/mol. The van der Waals surface area contributed by atoms with Crippen LogP contribution in [0.5, 0.6) is 0 Å². The first-order valence-corrected chi connectivity index (χ1v) is 16.8. The Morgan fingerprint density at radius 3 is 1.43 bits per heavy atom. The van der Waals surface area contributed by atoms with E-state index in [-0.39, 0.29) is 0 Å². The number of benzene rings is 9. The maximum Gasteiger partial charge on any atom is 0.135 e. The number of rotatable bonds is 4. The van der Waals surface area contributed by atoms with Crippen LogP contribution < -0.4 is 0 Å². The van der Waals surface area contributed by atoms with Crippen LogP contribution in [0.1, 0.15) is 0 Å². The van der Waals surface area contributed by atoms with Crippen molar-refractivity contribution in [3.8, 4) is 44.5 Å². The third-order valence-electron chi connectivity index (χ3n) is 10.1. The summed E-state index contributed by atoms with van der Waals surface area (Å²) in [4.78, 5) is 0. The molecule has 1 nitrogen and oxygen atoms in total. The van der Waals surface area contributed by atoms with Crippen LogP contribution in [-0.4, -0.2) is 0 Å². The van der Waals surface area contributed by atoms with Gasteiger partial charge in [-0.25, -0.2) is 0 Å². The van der Waals surface area contributed by atoms with Gasteiger partial charge in [-0.1, -0.05) is 158 Å². The molecule has 0 saturated carbocycles. The van der Waals surface area contributed by atoms with Gasteiger partial charge < -0.3 is 4.42 Å². The van der Waals surface area contributed by atoms with Crippen LogP contribution >= 0.6 is 0 Å². The van der Waals surface area contributed by atoms with E-state index in [0.717, 1.165) is 21.9 Å². The van der Waals surface area contributed by atoms with Gasteiger partial charge >= 0.3 is 0 Å². The van der Waals surface area contributed by atoms with Gasteiger partial charge in [-0.2, -0.15) is 0 Å². The summed E-state index contributed by atoms with van der Waals surface area (Å²) < 4.78 is 6.12. The highest BCUT2D eigenvalue weighted by molar-refractivity contribution is 6.21. The lowest BCUT2D eigenvalue weighted by Crippen LogP contribution is -1.91. The van der Waals surface area contributed by atoms with Gasteiger partial charge in [0, 0.05) is 10.8 Å². The third-order valence-corrected chi connectivity index (χ3v) is 10.1. The average molecular weight is 623 g/mol. The van der Waals surface area contributed by atoms with Crippen LogP contribution in [-0.2, 0) is 0 Å². The van der Waals surface area contributed by atoms with E-state index in [0.29, 0.717) is 0 Å². The summed E-state index contributed by atoms with van der Waals surface area (Å²) in [7, 11) is 0. The summed E-state index contributed by atoms with van der Waals surface area (Å²) in [5.41, 5.74) is 11.6. The minimum atomic E-state index is 0.915. The van der Waals surface area contributed by atoms with E-state index < -0.39 is 0 Å². The summed E-state index contributed by atoms with van der Waals surface area (Å²) in [6.45, 7) is 0. The fourth-order valence-electron chi connectivity index (χ4n) is 7.79. The minimum Gasteiger partial charge on any atom is -0.456 e. The van der Waals surface area contributed by atoms with Gasteiger partial charge in [0.25, 0.3) is 0 Å². The van der Waals surface area contributed by atoms with Crippen LogP contribution in [0.3, 0.4) is 0 Å². The predicted octanol–water partition coefficient (Wildman–Crippen LogP) is 13.7. The monoisotopic (exact) mass is 622 g/mol. The standard InChI is InChI=1S/C48H30O/c1-2-12-34-29-36(26-21-31(34)11-1)48-42-18-7-5-16-40(42)47(41-17-6-8-19-43(41)48)33-24-22-32(23-25-33)37-13-3-4-14-38(37)35-27-28-46-44(30-35)39-15-9-10-20-45(39)49-46/h1-30H. The van der Waals surface area contributed by atoms with Crippen LogP contribution in [0.2, 0.25) is 0 Å². The third kappa shape index (κ3) is 4.47. The topological polar surface area (TPSA) is 13.1 Å². The second kappa shape index (κ2) is 11.1. The van der Waals surface area contributed by atoms with Crippen molar-refractivity contribution in [1.82, 2.24) is 0 Å². The molecule has 0 fully saturated rings. The smallest absolute Gasteiger partial charge is 0.135 e. The molecule has 49 heavy (non-hydrogen) atoms. The quantitative estimate of drug-likeness (QED) is 0.178. The summed E-state index contributed by atoms with van der Waals surface area (Å²) >= 11 is 0. The van der Waals surface area contributed by atoms with Crippen molar-refractivity contribution in [3.63, 3.8) is 0 Å². The zero-order chi connectivity index (χ0) is 32.3. The van der Waals surface area contributed by atoms with Crippen molar-refractivity contribution >= 4 is 54.3 Å². The van der Waals surface area contributed by atoms with E-state index >= 15 is 0 Å².